The summed E-state index contributed by atoms with van der Waals surface area (Å²) in [7, 11) is 0. The van der Waals surface area contributed by atoms with Crippen molar-refractivity contribution < 1.29 is 30.3 Å². The maximum atomic E-state index is 10.2. The van der Waals surface area contributed by atoms with E-state index in [1.165, 1.54) is 24.3 Å². The van der Waals surface area contributed by atoms with Crippen LogP contribution in [0.5, 0.6) is 23.0 Å². The Morgan fingerprint density at radius 1 is 0.857 bits per heavy atom. The van der Waals surface area contributed by atoms with Gasteiger partial charge in [-0.1, -0.05) is 12.1 Å². The Bertz CT molecular complexity index is 667. The molecule has 1 heterocycles. The standard InChI is InChI=1S/C15H14O6/c16-8-3-1-7(2-4-8)14-13(20)11(18)9-5-6-10(17)12(19)15(9)21-14/h1-6,11,13-14,16-20H/t11-,13-,14+/m0/s1. The topological polar surface area (TPSA) is 110 Å². The van der Waals surface area contributed by atoms with Crippen LogP contribution in [-0.2, 0) is 0 Å². The van der Waals surface area contributed by atoms with Crippen molar-refractivity contribution in [3.63, 3.8) is 0 Å². The van der Waals surface area contributed by atoms with Crippen LogP contribution in [0.1, 0.15) is 23.3 Å². The molecule has 6 nitrogen and oxygen atoms in total. The van der Waals surface area contributed by atoms with Gasteiger partial charge in [-0.3, -0.25) is 0 Å². The maximum absolute atomic E-state index is 10.2. The quantitative estimate of drug-likeness (QED) is 0.507. The molecule has 0 spiro atoms. The molecule has 0 saturated heterocycles. The monoisotopic (exact) mass is 290 g/mol. The summed E-state index contributed by atoms with van der Waals surface area (Å²) in [5.74, 6) is -0.861. The summed E-state index contributed by atoms with van der Waals surface area (Å²) in [6.45, 7) is 0. The molecular formula is C15H14O6. The van der Waals surface area contributed by atoms with Crippen molar-refractivity contribution in [2.75, 3.05) is 0 Å². The van der Waals surface area contributed by atoms with Crippen LogP contribution in [0.15, 0.2) is 36.4 Å². The van der Waals surface area contributed by atoms with Crippen molar-refractivity contribution in [1.29, 1.82) is 0 Å². The highest BCUT2D eigenvalue weighted by Crippen LogP contribution is 2.48. The van der Waals surface area contributed by atoms with Crippen LogP contribution in [0.3, 0.4) is 0 Å². The fourth-order valence-electron chi connectivity index (χ4n) is 2.41. The molecule has 3 rings (SSSR count). The van der Waals surface area contributed by atoms with Gasteiger partial charge in [-0.2, -0.15) is 0 Å². The maximum Gasteiger partial charge on any atom is 0.200 e. The number of ether oxygens (including phenoxy) is 1. The van der Waals surface area contributed by atoms with Gasteiger partial charge in [-0.05, 0) is 29.8 Å². The third-order valence-electron chi connectivity index (χ3n) is 3.56. The summed E-state index contributed by atoms with van der Waals surface area (Å²) in [5, 5.41) is 49.0. The first-order valence-corrected chi connectivity index (χ1v) is 6.35. The summed E-state index contributed by atoms with van der Waals surface area (Å²) in [4.78, 5) is 0. The lowest BCUT2D eigenvalue weighted by atomic mass is 9.92. The van der Waals surface area contributed by atoms with Crippen molar-refractivity contribution >= 4 is 0 Å². The van der Waals surface area contributed by atoms with E-state index in [-0.39, 0.29) is 22.8 Å². The average molecular weight is 290 g/mol. The summed E-state index contributed by atoms with van der Waals surface area (Å²) < 4.78 is 5.55. The average Bonchev–Trinajstić information content (AvgIpc) is 2.48. The van der Waals surface area contributed by atoms with Gasteiger partial charge >= 0.3 is 0 Å². The minimum atomic E-state index is -1.26. The Morgan fingerprint density at radius 3 is 2.19 bits per heavy atom. The number of hydrogen-bond acceptors (Lipinski definition) is 6. The van der Waals surface area contributed by atoms with E-state index in [4.69, 9.17) is 4.74 Å². The number of rotatable bonds is 1. The Labute approximate surface area is 120 Å². The highest BCUT2D eigenvalue weighted by atomic mass is 16.5. The van der Waals surface area contributed by atoms with E-state index in [9.17, 15) is 25.5 Å². The van der Waals surface area contributed by atoms with Gasteiger partial charge in [0.15, 0.2) is 17.6 Å². The number of aliphatic hydroxyl groups excluding tert-OH is 2. The number of phenolic OH excluding ortho intramolecular Hbond substituents is 3. The molecule has 110 valence electrons. The van der Waals surface area contributed by atoms with Crippen LogP contribution in [0.25, 0.3) is 0 Å². The van der Waals surface area contributed by atoms with Crippen LogP contribution < -0.4 is 4.74 Å². The second kappa shape index (κ2) is 4.83. The first-order valence-electron chi connectivity index (χ1n) is 6.35. The summed E-state index contributed by atoms with van der Waals surface area (Å²) in [6.07, 6.45) is -3.44. The largest absolute Gasteiger partial charge is 0.508 e. The first-order chi connectivity index (χ1) is 9.99. The summed E-state index contributed by atoms with van der Waals surface area (Å²) in [5.41, 5.74) is 0.723. The van der Waals surface area contributed by atoms with Crippen LogP contribution in [0.2, 0.25) is 0 Å². The Balaban J connectivity index is 2.06. The number of aliphatic hydroxyl groups is 2. The molecule has 2 aromatic carbocycles. The molecule has 2 aromatic rings. The fourth-order valence-corrected chi connectivity index (χ4v) is 2.41. The predicted octanol–water partition coefficient (Wildman–Crippen LogP) is 1.33. The van der Waals surface area contributed by atoms with Crippen molar-refractivity contribution in [3.05, 3.63) is 47.5 Å². The van der Waals surface area contributed by atoms with Gasteiger partial charge in [0.1, 0.15) is 18.0 Å². The minimum Gasteiger partial charge on any atom is -0.508 e. The second-order valence-electron chi connectivity index (χ2n) is 4.92. The number of fused-ring (bicyclic) bond motifs is 1. The smallest absolute Gasteiger partial charge is 0.200 e. The molecule has 0 unspecified atom stereocenters. The van der Waals surface area contributed by atoms with Gasteiger partial charge in [0.25, 0.3) is 0 Å². The normalized spacial score (nSPS) is 24.2. The van der Waals surface area contributed by atoms with Gasteiger partial charge < -0.3 is 30.3 Å². The number of phenols is 3. The number of hydrogen-bond donors (Lipinski definition) is 5. The zero-order valence-corrected chi connectivity index (χ0v) is 10.8. The molecule has 3 atom stereocenters. The van der Waals surface area contributed by atoms with E-state index >= 15 is 0 Å². The lowest BCUT2D eigenvalue weighted by Crippen LogP contribution is -2.34. The zero-order valence-electron chi connectivity index (χ0n) is 10.8. The van der Waals surface area contributed by atoms with Crippen molar-refractivity contribution in [2.24, 2.45) is 0 Å². The third kappa shape index (κ3) is 2.14. The van der Waals surface area contributed by atoms with Gasteiger partial charge in [0.05, 0.1) is 0 Å². The molecule has 5 N–H and O–H groups in total. The second-order valence-corrected chi connectivity index (χ2v) is 4.92. The van der Waals surface area contributed by atoms with E-state index in [0.29, 0.717) is 5.56 Å². The fraction of sp³-hybridized carbons (Fsp3) is 0.200. The molecule has 21 heavy (non-hydrogen) atoms. The van der Waals surface area contributed by atoms with Crippen LogP contribution in [-0.4, -0.2) is 31.6 Å². The van der Waals surface area contributed by atoms with Crippen molar-refractivity contribution in [1.82, 2.24) is 0 Å². The van der Waals surface area contributed by atoms with E-state index in [0.717, 1.165) is 0 Å². The van der Waals surface area contributed by atoms with Gasteiger partial charge in [-0.25, -0.2) is 0 Å². The molecule has 6 heteroatoms. The van der Waals surface area contributed by atoms with E-state index in [2.05, 4.69) is 0 Å². The third-order valence-corrected chi connectivity index (χ3v) is 3.56. The van der Waals surface area contributed by atoms with Crippen molar-refractivity contribution in [2.45, 2.75) is 18.3 Å². The molecule has 0 saturated carbocycles. The lowest BCUT2D eigenvalue weighted by Gasteiger charge is -2.34. The Morgan fingerprint density at radius 2 is 1.52 bits per heavy atom. The van der Waals surface area contributed by atoms with Gasteiger partial charge in [0, 0.05) is 5.56 Å². The Hall–Kier alpha value is -2.44. The van der Waals surface area contributed by atoms with E-state index in [1.54, 1.807) is 12.1 Å². The minimum absolute atomic E-state index is 0.0606. The molecule has 0 bridgehead atoms. The van der Waals surface area contributed by atoms with Gasteiger partial charge in [-0.15, -0.1) is 0 Å². The molecule has 0 radical (unpaired) electrons. The SMILES string of the molecule is Oc1ccc([C@H]2Oc3c(ccc(O)c3O)[C@H](O)[C@@H]2O)cc1. The Kier molecular flexibility index (Phi) is 3.12. The number of benzene rings is 2. The summed E-state index contributed by atoms with van der Waals surface area (Å²) in [6, 6.07) is 8.53. The molecule has 0 aromatic heterocycles. The van der Waals surface area contributed by atoms with E-state index in [1.807, 2.05) is 0 Å². The van der Waals surface area contributed by atoms with Crippen LogP contribution in [0, 0.1) is 0 Å². The predicted molar refractivity (Wildman–Crippen MR) is 72.2 cm³/mol. The molecule has 1 aliphatic rings. The molecule has 0 fully saturated rings. The highest BCUT2D eigenvalue weighted by Gasteiger charge is 2.39. The highest BCUT2D eigenvalue weighted by molar-refractivity contribution is 5.56. The zero-order chi connectivity index (χ0) is 15.1. The molecule has 0 aliphatic carbocycles. The van der Waals surface area contributed by atoms with E-state index < -0.39 is 24.1 Å². The molecular weight excluding hydrogens is 276 g/mol. The first kappa shape index (κ1) is 13.5. The molecule has 1 aliphatic heterocycles. The molecule has 0 amide bonds. The van der Waals surface area contributed by atoms with Crippen LogP contribution in [0.4, 0.5) is 0 Å². The number of aromatic hydroxyl groups is 3. The van der Waals surface area contributed by atoms with Gasteiger partial charge in [0.2, 0.25) is 5.75 Å². The summed E-state index contributed by atoms with van der Waals surface area (Å²) >= 11 is 0. The lowest BCUT2D eigenvalue weighted by molar-refractivity contribution is -0.0710. The van der Waals surface area contributed by atoms with Crippen LogP contribution >= 0.6 is 0 Å². The van der Waals surface area contributed by atoms with Crippen molar-refractivity contribution in [3.8, 4) is 23.0 Å².